The van der Waals surface area contributed by atoms with Gasteiger partial charge in [-0.2, -0.15) is 0 Å². The van der Waals surface area contributed by atoms with Crippen molar-refractivity contribution >= 4 is 12.0 Å². The highest BCUT2D eigenvalue weighted by Crippen LogP contribution is 2.13. The highest BCUT2D eigenvalue weighted by Gasteiger charge is 2.09. The molecule has 0 N–H and O–H groups in total. The predicted molar refractivity (Wildman–Crippen MR) is 62.3 cm³/mol. The van der Waals surface area contributed by atoms with Crippen molar-refractivity contribution in [1.82, 2.24) is 15.0 Å². The molecule has 7 heteroatoms. The first-order valence-corrected chi connectivity index (χ1v) is 5.20. The van der Waals surface area contributed by atoms with Gasteiger partial charge in [0.15, 0.2) is 6.29 Å². The molecule has 1 heterocycles. The molecule has 92 valence electrons. The molecule has 0 aliphatic heterocycles. The van der Waals surface area contributed by atoms with E-state index in [1.54, 1.807) is 23.7 Å². The Morgan fingerprint density at radius 2 is 2.06 bits per heavy atom. The number of benzene rings is 1. The van der Waals surface area contributed by atoms with Crippen LogP contribution >= 0.6 is 0 Å². The van der Waals surface area contributed by atoms with Gasteiger partial charge in [0.1, 0.15) is 5.69 Å². The summed E-state index contributed by atoms with van der Waals surface area (Å²) in [6.07, 6.45) is 0.647. The van der Waals surface area contributed by atoms with Crippen LogP contribution in [0.2, 0.25) is 0 Å². The highest BCUT2D eigenvalue weighted by atomic mass is 16.6. The highest BCUT2D eigenvalue weighted by molar-refractivity contribution is 5.72. The molecule has 1 aromatic carbocycles. The molecule has 18 heavy (non-hydrogen) atoms. The van der Waals surface area contributed by atoms with Gasteiger partial charge in [0.2, 0.25) is 0 Å². The Kier molecular flexibility index (Phi) is 3.13. The molecule has 0 atom stereocenters. The fourth-order valence-electron chi connectivity index (χ4n) is 1.53. The number of non-ortho nitro benzene ring substituents is 1. The average Bonchev–Trinajstić information content (AvgIpc) is 2.71. The third kappa shape index (κ3) is 2.24. The van der Waals surface area contributed by atoms with Gasteiger partial charge < -0.3 is 0 Å². The van der Waals surface area contributed by atoms with E-state index in [0.29, 0.717) is 24.2 Å². The predicted octanol–water partition coefficient (Wildman–Crippen LogP) is 1.36. The lowest BCUT2D eigenvalue weighted by Gasteiger charge is -2.03. The smallest absolute Gasteiger partial charge is 0.269 e. The van der Waals surface area contributed by atoms with Crippen LogP contribution in [0.5, 0.6) is 0 Å². The number of rotatable bonds is 4. The summed E-state index contributed by atoms with van der Waals surface area (Å²) in [4.78, 5) is 20.7. The number of carbonyl (C=O) groups is 1. The zero-order valence-corrected chi connectivity index (χ0v) is 9.61. The van der Waals surface area contributed by atoms with Crippen molar-refractivity contribution in [3.8, 4) is 0 Å². The van der Waals surface area contributed by atoms with Crippen molar-refractivity contribution in [2.45, 2.75) is 13.5 Å². The number of aldehydes is 1. The van der Waals surface area contributed by atoms with Gasteiger partial charge in [-0.25, -0.2) is 4.68 Å². The number of hydrogen-bond acceptors (Lipinski definition) is 5. The molecule has 0 unspecified atom stereocenters. The molecule has 0 bridgehead atoms. The molecule has 0 fully saturated rings. The second-order valence-electron chi connectivity index (χ2n) is 3.76. The SMILES string of the molecule is Cc1c(C=O)nnn1Cc1ccc([N+](=O)[O-])cc1. The van der Waals surface area contributed by atoms with Crippen LogP contribution in [0.4, 0.5) is 5.69 Å². The van der Waals surface area contributed by atoms with Crippen LogP contribution in [0, 0.1) is 17.0 Å². The third-order valence-electron chi connectivity index (χ3n) is 2.61. The molecule has 2 aromatic rings. The maximum Gasteiger partial charge on any atom is 0.269 e. The summed E-state index contributed by atoms with van der Waals surface area (Å²) in [6, 6.07) is 6.17. The maximum absolute atomic E-state index is 10.6. The standard InChI is InChI=1S/C11H10N4O3/c1-8-11(7-16)12-13-14(8)6-9-2-4-10(5-3-9)15(17)18/h2-5,7H,6H2,1H3. The van der Waals surface area contributed by atoms with Crippen LogP contribution < -0.4 is 0 Å². The number of hydrogen-bond donors (Lipinski definition) is 0. The Morgan fingerprint density at radius 3 is 2.56 bits per heavy atom. The normalized spacial score (nSPS) is 10.3. The van der Waals surface area contributed by atoms with Gasteiger partial charge in [-0.3, -0.25) is 14.9 Å². The van der Waals surface area contributed by atoms with E-state index in [-0.39, 0.29) is 5.69 Å². The van der Waals surface area contributed by atoms with Gasteiger partial charge in [0, 0.05) is 12.1 Å². The van der Waals surface area contributed by atoms with Crippen LogP contribution in [0.3, 0.4) is 0 Å². The lowest BCUT2D eigenvalue weighted by molar-refractivity contribution is -0.384. The molecule has 7 nitrogen and oxygen atoms in total. The number of nitrogens with zero attached hydrogens (tertiary/aromatic N) is 4. The Labute approximate surface area is 102 Å². The van der Waals surface area contributed by atoms with Crippen LogP contribution in [0.15, 0.2) is 24.3 Å². The summed E-state index contributed by atoms with van der Waals surface area (Å²) < 4.78 is 1.57. The first-order valence-electron chi connectivity index (χ1n) is 5.20. The van der Waals surface area contributed by atoms with Gasteiger partial charge >= 0.3 is 0 Å². The molecule has 0 saturated heterocycles. The van der Waals surface area contributed by atoms with E-state index in [1.165, 1.54) is 12.1 Å². The van der Waals surface area contributed by atoms with Crippen molar-refractivity contribution in [1.29, 1.82) is 0 Å². The quantitative estimate of drug-likeness (QED) is 0.461. The first-order chi connectivity index (χ1) is 8.61. The minimum absolute atomic E-state index is 0.0441. The maximum atomic E-state index is 10.6. The van der Waals surface area contributed by atoms with Gasteiger partial charge in [-0.05, 0) is 12.5 Å². The summed E-state index contributed by atoms with van der Waals surface area (Å²) >= 11 is 0. The minimum Gasteiger partial charge on any atom is -0.296 e. The van der Waals surface area contributed by atoms with E-state index in [4.69, 9.17) is 0 Å². The Morgan fingerprint density at radius 1 is 1.39 bits per heavy atom. The molecular formula is C11H10N4O3. The molecule has 0 amide bonds. The van der Waals surface area contributed by atoms with Crippen LogP contribution in [0.25, 0.3) is 0 Å². The topological polar surface area (TPSA) is 90.9 Å². The molecule has 0 radical (unpaired) electrons. The molecule has 0 saturated carbocycles. The first kappa shape index (κ1) is 11.9. The van der Waals surface area contributed by atoms with Crippen molar-refractivity contribution in [2.24, 2.45) is 0 Å². The molecule has 2 rings (SSSR count). The molecule has 0 spiro atoms. The second kappa shape index (κ2) is 4.74. The van der Waals surface area contributed by atoms with Crippen LogP contribution in [-0.2, 0) is 6.54 Å². The molecule has 1 aromatic heterocycles. The van der Waals surface area contributed by atoms with Crippen molar-refractivity contribution in [2.75, 3.05) is 0 Å². The van der Waals surface area contributed by atoms with Crippen LogP contribution in [0.1, 0.15) is 21.7 Å². The fraction of sp³-hybridized carbons (Fsp3) is 0.182. The lowest BCUT2D eigenvalue weighted by atomic mass is 10.2. The van der Waals surface area contributed by atoms with E-state index in [1.807, 2.05) is 0 Å². The monoisotopic (exact) mass is 246 g/mol. The number of nitro groups is 1. The summed E-state index contributed by atoms with van der Waals surface area (Å²) in [5.74, 6) is 0. The third-order valence-corrected chi connectivity index (χ3v) is 2.61. The average molecular weight is 246 g/mol. The zero-order valence-electron chi connectivity index (χ0n) is 9.61. The van der Waals surface area contributed by atoms with Crippen molar-refractivity contribution in [3.05, 3.63) is 51.3 Å². The van der Waals surface area contributed by atoms with Crippen LogP contribution in [-0.4, -0.2) is 26.2 Å². The lowest BCUT2D eigenvalue weighted by Crippen LogP contribution is -2.04. The van der Waals surface area contributed by atoms with Gasteiger partial charge in [0.05, 0.1) is 17.2 Å². The summed E-state index contributed by atoms with van der Waals surface area (Å²) in [7, 11) is 0. The molecular weight excluding hydrogens is 236 g/mol. The van der Waals surface area contributed by atoms with E-state index in [0.717, 1.165) is 5.56 Å². The second-order valence-corrected chi connectivity index (χ2v) is 3.76. The molecule has 0 aliphatic carbocycles. The zero-order chi connectivity index (χ0) is 13.1. The van der Waals surface area contributed by atoms with E-state index in [2.05, 4.69) is 10.3 Å². The van der Waals surface area contributed by atoms with E-state index < -0.39 is 4.92 Å². The largest absolute Gasteiger partial charge is 0.296 e. The fourth-order valence-corrected chi connectivity index (χ4v) is 1.53. The number of nitro benzene ring substituents is 1. The Bertz CT molecular complexity index is 589. The van der Waals surface area contributed by atoms with E-state index >= 15 is 0 Å². The minimum atomic E-state index is -0.449. The van der Waals surface area contributed by atoms with Gasteiger partial charge in [-0.1, -0.05) is 17.3 Å². The Hall–Kier alpha value is -2.57. The van der Waals surface area contributed by atoms with E-state index in [9.17, 15) is 14.9 Å². The number of carbonyl (C=O) groups excluding carboxylic acids is 1. The van der Waals surface area contributed by atoms with Gasteiger partial charge in [0.25, 0.3) is 5.69 Å². The summed E-state index contributed by atoms with van der Waals surface area (Å²) in [5, 5.41) is 18.1. The Balaban J connectivity index is 2.20. The van der Waals surface area contributed by atoms with Crippen molar-refractivity contribution < 1.29 is 9.72 Å². The molecule has 0 aliphatic rings. The summed E-state index contributed by atoms with van der Waals surface area (Å²) in [6.45, 7) is 2.17. The van der Waals surface area contributed by atoms with Crippen molar-refractivity contribution in [3.63, 3.8) is 0 Å². The summed E-state index contributed by atoms with van der Waals surface area (Å²) in [5.41, 5.74) is 1.87. The van der Waals surface area contributed by atoms with Gasteiger partial charge in [-0.15, -0.1) is 5.10 Å². The number of aromatic nitrogens is 3.